The highest BCUT2D eigenvalue weighted by atomic mass is 32.2. The van der Waals surface area contributed by atoms with E-state index in [1.807, 2.05) is 39.2 Å². The van der Waals surface area contributed by atoms with Gasteiger partial charge in [0, 0.05) is 4.90 Å². The Labute approximate surface area is 95.0 Å². The molecule has 0 bridgehead atoms. The van der Waals surface area contributed by atoms with Crippen LogP contribution in [-0.2, 0) is 4.74 Å². The third-order valence-corrected chi connectivity index (χ3v) is 3.12. The molecule has 0 heterocycles. The molecule has 0 saturated heterocycles. The molecular formula is C12H16O2S. The summed E-state index contributed by atoms with van der Waals surface area (Å²) in [5.41, 5.74) is 2.85. The fourth-order valence-corrected chi connectivity index (χ4v) is 2.10. The van der Waals surface area contributed by atoms with Gasteiger partial charge in [-0.2, -0.15) is 0 Å². The van der Waals surface area contributed by atoms with Gasteiger partial charge < -0.3 is 4.74 Å². The van der Waals surface area contributed by atoms with Crippen molar-refractivity contribution in [2.75, 3.05) is 12.9 Å². The SMILES string of the molecule is CCOC(=O)c1cc(SC)c(C)cc1C. The summed E-state index contributed by atoms with van der Waals surface area (Å²) in [5.74, 6) is -0.231. The molecule has 0 aliphatic rings. The summed E-state index contributed by atoms with van der Waals surface area (Å²) in [6.45, 7) is 6.22. The zero-order valence-corrected chi connectivity index (χ0v) is 10.4. The minimum absolute atomic E-state index is 0.231. The normalized spacial score (nSPS) is 10.1. The number of carbonyl (C=O) groups is 1. The molecule has 0 aliphatic heterocycles. The first kappa shape index (κ1) is 12.1. The molecule has 0 atom stereocenters. The third-order valence-electron chi connectivity index (χ3n) is 2.24. The molecule has 0 aromatic heterocycles. The van der Waals surface area contributed by atoms with Crippen molar-refractivity contribution in [3.63, 3.8) is 0 Å². The predicted molar refractivity (Wildman–Crippen MR) is 63.7 cm³/mol. The van der Waals surface area contributed by atoms with Crippen molar-refractivity contribution in [3.05, 3.63) is 28.8 Å². The quantitative estimate of drug-likeness (QED) is 0.582. The number of aryl methyl sites for hydroxylation is 2. The van der Waals surface area contributed by atoms with E-state index in [1.54, 1.807) is 11.8 Å². The Balaban J connectivity index is 3.12. The second-order valence-corrected chi connectivity index (χ2v) is 4.21. The molecule has 1 rings (SSSR count). The summed E-state index contributed by atoms with van der Waals surface area (Å²) in [6, 6.07) is 3.94. The summed E-state index contributed by atoms with van der Waals surface area (Å²) in [6.07, 6.45) is 2.01. The smallest absolute Gasteiger partial charge is 0.338 e. The lowest BCUT2D eigenvalue weighted by atomic mass is 10.1. The minimum Gasteiger partial charge on any atom is -0.462 e. The van der Waals surface area contributed by atoms with Crippen LogP contribution in [0, 0.1) is 13.8 Å². The van der Waals surface area contributed by atoms with E-state index in [1.165, 1.54) is 5.56 Å². The zero-order valence-electron chi connectivity index (χ0n) is 9.59. The average Bonchev–Trinajstić information content (AvgIpc) is 2.18. The van der Waals surface area contributed by atoms with Crippen molar-refractivity contribution in [1.82, 2.24) is 0 Å². The van der Waals surface area contributed by atoms with Gasteiger partial charge in [-0.1, -0.05) is 6.07 Å². The molecule has 0 amide bonds. The molecule has 82 valence electrons. The monoisotopic (exact) mass is 224 g/mol. The second kappa shape index (κ2) is 5.21. The molecule has 0 aliphatic carbocycles. The van der Waals surface area contributed by atoms with Gasteiger partial charge in [-0.05, 0) is 44.2 Å². The van der Waals surface area contributed by atoms with Gasteiger partial charge in [-0.3, -0.25) is 0 Å². The molecule has 3 heteroatoms. The van der Waals surface area contributed by atoms with Crippen molar-refractivity contribution in [2.45, 2.75) is 25.7 Å². The number of hydrogen-bond donors (Lipinski definition) is 0. The number of ether oxygens (including phenoxy) is 1. The first-order chi connectivity index (χ1) is 7.10. The van der Waals surface area contributed by atoms with E-state index in [2.05, 4.69) is 0 Å². The van der Waals surface area contributed by atoms with Gasteiger partial charge in [-0.25, -0.2) is 4.79 Å². The molecule has 0 spiro atoms. The van der Waals surface area contributed by atoms with Gasteiger partial charge in [0.15, 0.2) is 0 Å². The van der Waals surface area contributed by atoms with Gasteiger partial charge in [0.25, 0.3) is 0 Å². The number of hydrogen-bond acceptors (Lipinski definition) is 3. The van der Waals surface area contributed by atoms with Crippen molar-refractivity contribution >= 4 is 17.7 Å². The van der Waals surface area contributed by atoms with Crippen molar-refractivity contribution in [1.29, 1.82) is 0 Å². The maximum atomic E-state index is 11.6. The van der Waals surface area contributed by atoms with E-state index in [0.717, 1.165) is 10.5 Å². The summed E-state index contributed by atoms with van der Waals surface area (Å²) in [4.78, 5) is 12.7. The van der Waals surface area contributed by atoms with Gasteiger partial charge in [0.1, 0.15) is 0 Å². The lowest BCUT2D eigenvalue weighted by Gasteiger charge is -2.09. The largest absolute Gasteiger partial charge is 0.462 e. The van der Waals surface area contributed by atoms with E-state index >= 15 is 0 Å². The maximum Gasteiger partial charge on any atom is 0.338 e. The highest BCUT2D eigenvalue weighted by molar-refractivity contribution is 7.98. The van der Waals surface area contributed by atoms with Crippen molar-refractivity contribution in [3.8, 4) is 0 Å². The Bertz CT molecular complexity index is 372. The van der Waals surface area contributed by atoms with E-state index in [9.17, 15) is 4.79 Å². The lowest BCUT2D eigenvalue weighted by Crippen LogP contribution is -2.07. The lowest BCUT2D eigenvalue weighted by molar-refractivity contribution is 0.0525. The zero-order chi connectivity index (χ0) is 11.4. The maximum absolute atomic E-state index is 11.6. The minimum atomic E-state index is -0.231. The number of rotatable bonds is 3. The standard InChI is InChI=1S/C12H16O2S/c1-5-14-12(13)10-7-11(15-4)9(3)6-8(10)2/h6-7H,5H2,1-4H3. The van der Waals surface area contributed by atoms with Crippen LogP contribution in [0.5, 0.6) is 0 Å². The third kappa shape index (κ3) is 2.75. The summed E-state index contributed by atoms with van der Waals surface area (Å²) in [5, 5.41) is 0. The van der Waals surface area contributed by atoms with Gasteiger partial charge in [-0.15, -0.1) is 11.8 Å². The second-order valence-electron chi connectivity index (χ2n) is 3.36. The van der Waals surface area contributed by atoms with Crippen LogP contribution in [0.4, 0.5) is 0 Å². The Kier molecular flexibility index (Phi) is 4.21. The molecule has 15 heavy (non-hydrogen) atoms. The predicted octanol–water partition coefficient (Wildman–Crippen LogP) is 3.20. The summed E-state index contributed by atoms with van der Waals surface area (Å²) >= 11 is 1.65. The first-order valence-electron chi connectivity index (χ1n) is 4.92. The fraction of sp³-hybridized carbons (Fsp3) is 0.417. The molecule has 0 fully saturated rings. The Morgan fingerprint density at radius 1 is 1.33 bits per heavy atom. The van der Waals surface area contributed by atoms with Crippen LogP contribution in [0.1, 0.15) is 28.4 Å². The van der Waals surface area contributed by atoms with Crippen LogP contribution < -0.4 is 0 Å². The van der Waals surface area contributed by atoms with Crippen LogP contribution in [0.15, 0.2) is 17.0 Å². The molecular weight excluding hydrogens is 208 g/mol. The molecule has 0 unspecified atom stereocenters. The summed E-state index contributed by atoms with van der Waals surface area (Å²) < 4.78 is 5.00. The number of thioether (sulfide) groups is 1. The Morgan fingerprint density at radius 2 is 2.00 bits per heavy atom. The topological polar surface area (TPSA) is 26.3 Å². The fourth-order valence-electron chi connectivity index (χ4n) is 1.48. The molecule has 1 aromatic carbocycles. The summed E-state index contributed by atoms with van der Waals surface area (Å²) in [7, 11) is 0. The van der Waals surface area contributed by atoms with Gasteiger partial charge in [0.2, 0.25) is 0 Å². The first-order valence-corrected chi connectivity index (χ1v) is 6.15. The Hall–Kier alpha value is -0.960. The van der Waals surface area contributed by atoms with Crippen LogP contribution >= 0.6 is 11.8 Å². The average molecular weight is 224 g/mol. The molecule has 2 nitrogen and oxygen atoms in total. The molecule has 1 aromatic rings. The van der Waals surface area contributed by atoms with Crippen LogP contribution in [0.25, 0.3) is 0 Å². The highest BCUT2D eigenvalue weighted by Gasteiger charge is 2.12. The number of benzene rings is 1. The number of carbonyl (C=O) groups excluding carboxylic acids is 1. The van der Waals surface area contributed by atoms with Crippen molar-refractivity contribution < 1.29 is 9.53 Å². The van der Waals surface area contributed by atoms with Crippen LogP contribution in [0.3, 0.4) is 0 Å². The van der Waals surface area contributed by atoms with E-state index in [4.69, 9.17) is 4.74 Å². The molecule has 0 N–H and O–H groups in total. The van der Waals surface area contributed by atoms with Crippen molar-refractivity contribution in [2.24, 2.45) is 0 Å². The van der Waals surface area contributed by atoms with Gasteiger partial charge in [0.05, 0.1) is 12.2 Å². The van der Waals surface area contributed by atoms with E-state index in [0.29, 0.717) is 12.2 Å². The van der Waals surface area contributed by atoms with E-state index < -0.39 is 0 Å². The number of esters is 1. The Morgan fingerprint density at radius 3 is 2.53 bits per heavy atom. The highest BCUT2D eigenvalue weighted by Crippen LogP contribution is 2.24. The van der Waals surface area contributed by atoms with Crippen LogP contribution in [-0.4, -0.2) is 18.8 Å². The van der Waals surface area contributed by atoms with E-state index in [-0.39, 0.29) is 5.97 Å². The van der Waals surface area contributed by atoms with Crippen LogP contribution in [0.2, 0.25) is 0 Å². The molecule has 0 saturated carbocycles. The molecule has 0 radical (unpaired) electrons. The van der Waals surface area contributed by atoms with Gasteiger partial charge >= 0.3 is 5.97 Å².